The second-order valence-corrected chi connectivity index (χ2v) is 5.55. The fraction of sp³-hybridized carbons (Fsp3) is 0.600. The maximum Gasteiger partial charge on any atom is 0.416 e. The van der Waals surface area contributed by atoms with E-state index < -0.39 is 11.7 Å². The topological polar surface area (TPSA) is 32.5 Å². The Morgan fingerprint density at radius 3 is 2.38 bits per heavy atom. The number of hydrogen-bond acceptors (Lipinski definition) is 3. The van der Waals surface area contributed by atoms with Crippen molar-refractivity contribution in [3.8, 4) is 0 Å². The maximum absolute atomic E-state index is 12.7. The molecule has 1 aliphatic rings. The number of likely N-dealkylation sites (tertiary alicyclic amines) is 1. The highest BCUT2D eigenvalue weighted by atomic mass is 19.4. The highest BCUT2D eigenvalue weighted by molar-refractivity contribution is 5.68. The van der Waals surface area contributed by atoms with Gasteiger partial charge in [0.15, 0.2) is 0 Å². The predicted molar refractivity (Wildman–Crippen MR) is 79.4 cm³/mol. The summed E-state index contributed by atoms with van der Waals surface area (Å²) >= 11 is 0. The molecule has 0 unspecified atom stereocenters. The van der Waals surface area contributed by atoms with Crippen LogP contribution in [0.2, 0.25) is 0 Å². The molecule has 1 aliphatic heterocycles. The maximum atomic E-state index is 12.7. The van der Waals surface area contributed by atoms with Crippen LogP contribution in [0.4, 0.5) is 24.5 Å². The van der Waals surface area contributed by atoms with Gasteiger partial charge in [-0.05, 0) is 37.6 Å². The number of piperidine rings is 1. The zero-order valence-corrected chi connectivity index (χ0v) is 12.5. The zero-order chi connectivity index (χ0) is 15.6. The van der Waals surface area contributed by atoms with Gasteiger partial charge in [-0.1, -0.05) is 6.92 Å². The number of anilines is 2. The van der Waals surface area contributed by atoms with Crippen LogP contribution < -0.4 is 10.6 Å². The van der Waals surface area contributed by atoms with Gasteiger partial charge in [-0.2, -0.15) is 13.2 Å². The number of benzene rings is 1. The van der Waals surface area contributed by atoms with Crippen molar-refractivity contribution in [1.29, 1.82) is 0 Å². The van der Waals surface area contributed by atoms with Crippen LogP contribution in [-0.4, -0.2) is 37.6 Å². The third-order valence-corrected chi connectivity index (χ3v) is 4.29. The predicted octanol–water partition coefficient (Wildman–Crippen LogP) is 3.21. The number of nitrogens with zero attached hydrogens (tertiary/aromatic N) is 2. The normalized spacial score (nSPS) is 18.0. The highest BCUT2D eigenvalue weighted by Crippen LogP contribution is 2.35. The first-order valence-corrected chi connectivity index (χ1v) is 7.24. The van der Waals surface area contributed by atoms with Crippen LogP contribution in [-0.2, 0) is 6.18 Å². The van der Waals surface area contributed by atoms with Gasteiger partial charge < -0.3 is 15.5 Å². The fourth-order valence-corrected chi connectivity index (χ4v) is 2.87. The van der Waals surface area contributed by atoms with Gasteiger partial charge in [0, 0.05) is 26.2 Å². The molecule has 2 N–H and O–H groups in total. The quantitative estimate of drug-likeness (QED) is 0.870. The molecule has 21 heavy (non-hydrogen) atoms. The Morgan fingerprint density at radius 1 is 1.29 bits per heavy atom. The van der Waals surface area contributed by atoms with Crippen molar-refractivity contribution in [3.63, 3.8) is 0 Å². The van der Waals surface area contributed by atoms with Gasteiger partial charge >= 0.3 is 6.18 Å². The van der Waals surface area contributed by atoms with Crippen LogP contribution in [0.5, 0.6) is 0 Å². The summed E-state index contributed by atoms with van der Waals surface area (Å²) in [5, 5.41) is 0. The van der Waals surface area contributed by atoms with Gasteiger partial charge in [0.05, 0.1) is 16.9 Å². The minimum absolute atomic E-state index is 0.185. The van der Waals surface area contributed by atoms with E-state index in [1.165, 1.54) is 6.07 Å². The van der Waals surface area contributed by atoms with Gasteiger partial charge in [-0.15, -0.1) is 0 Å². The van der Waals surface area contributed by atoms with E-state index in [1.807, 2.05) is 11.9 Å². The van der Waals surface area contributed by atoms with Crippen molar-refractivity contribution in [3.05, 3.63) is 23.8 Å². The zero-order valence-electron chi connectivity index (χ0n) is 12.5. The van der Waals surface area contributed by atoms with Crippen LogP contribution in [0.3, 0.4) is 0 Å². The Labute approximate surface area is 123 Å². The van der Waals surface area contributed by atoms with Gasteiger partial charge in [0.1, 0.15) is 0 Å². The molecule has 6 heteroatoms. The second kappa shape index (κ2) is 6.13. The Bertz CT molecular complexity index is 480. The summed E-state index contributed by atoms with van der Waals surface area (Å²) in [6.07, 6.45) is -2.34. The molecule has 0 saturated carbocycles. The molecule has 1 heterocycles. The monoisotopic (exact) mass is 301 g/mol. The molecule has 0 aliphatic carbocycles. The van der Waals surface area contributed by atoms with E-state index >= 15 is 0 Å². The summed E-state index contributed by atoms with van der Waals surface area (Å²) in [6, 6.07) is 3.92. The molecule has 0 aromatic heterocycles. The first kappa shape index (κ1) is 15.9. The molecule has 1 aromatic carbocycles. The summed E-state index contributed by atoms with van der Waals surface area (Å²) in [6.45, 7) is 5.22. The third kappa shape index (κ3) is 3.61. The van der Waals surface area contributed by atoms with Crippen molar-refractivity contribution in [2.75, 3.05) is 37.3 Å². The van der Waals surface area contributed by atoms with Gasteiger partial charge in [-0.3, -0.25) is 0 Å². The van der Waals surface area contributed by atoms with E-state index in [1.54, 1.807) is 0 Å². The molecule has 1 aromatic rings. The first-order chi connectivity index (χ1) is 9.82. The van der Waals surface area contributed by atoms with E-state index in [9.17, 15) is 13.2 Å². The minimum atomic E-state index is -4.35. The average molecular weight is 301 g/mol. The Morgan fingerprint density at radius 2 is 1.90 bits per heavy atom. The van der Waals surface area contributed by atoms with Gasteiger partial charge in [0.25, 0.3) is 0 Å². The Kier molecular flexibility index (Phi) is 4.66. The summed E-state index contributed by atoms with van der Waals surface area (Å²) < 4.78 is 38.0. The molecule has 1 fully saturated rings. The number of halogens is 3. The van der Waals surface area contributed by atoms with E-state index in [2.05, 4.69) is 11.8 Å². The lowest BCUT2D eigenvalue weighted by Gasteiger charge is -2.38. The molecule has 0 atom stereocenters. The number of nitrogens with two attached hydrogens (primary N) is 1. The van der Waals surface area contributed by atoms with Crippen LogP contribution in [0.1, 0.15) is 25.3 Å². The van der Waals surface area contributed by atoms with Crippen molar-refractivity contribution in [1.82, 2.24) is 4.90 Å². The Balaban J connectivity index is 2.11. The molecule has 0 spiro atoms. The average Bonchev–Trinajstić information content (AvgIpc) is 2.45. The van der Waals surface area contributed by atoms with E-state index in [0.29, 0.717) is 11.7 Å². The summed E-state index contributed by atoms with van der Waals surface area (Å²) in [4.78, 5) is 4.39. The largest absolute Gasteiger partial charge is 0.416 e. The molecular formula is C15H22F3N3. The number of rotatable bonds is 3. The molecule has 3 nitrogen and oxygen atoms in total. The fourth-order valence-electron chi connectivity index (χ4n) is 2.87. The lowest BCUT2D eigenvalue weighted by Crippen LogP contribution is -2.43. The van der Waals surface area contributed by atoms with Crippen molar-refractivity contribution in [2.45, 2.75) is 32.0 Å². The summed E-state index contributed by atoms with van der Waals surface area (Å²) in [5.41, 5.74) is 5.99. The summed E-state index contributed by atoms with van der Waals surface area (Å²) in [7, 11) is 1.91. The van der Waals surface area contributed by atoms with Crippen molar-refractivity contribution in [2.24, 2.45) is 0 Å². The van der Waals surface area contributed by atoms with Gasteiger partial charge in [0.2, 0.25) is 0 Å². The number of hydrogen-bond donors (Lipinski definition) is 1. The number of alkyl halides is 3. The molecular weight excluding hydrogens is 279 g/mol. The second-order valence-electron chi connectivity index (χ2n) is 5.55. The highest BCUT2D eigenvalue weighted by Gasteiger charge is 2.31. The van der Waals surface area contributed by atoms with Crippen molar-refractivity contribution >= 4 is 11.4 Å². The molecule has 118 valence electrons. The van der Waals surface area contributed by atoms with Crippen LogP contribution in [0.15, 0.2) is 18.2 Å². The Hall–Kier alpha value is -1.43. The molecule has 0 amide bonds. The minimum Gasteiger partial charge on any atom is -0.397 e. The standard InChI is InChI=1S/C15H22F3N3/c1-3-21-8-6-12(7-9-21)20(2)14-5-4-11(10-13(14)19)15(16,17)18/h4-5,10,12H,3,6-9,19H2,1-2H3. The van der Waals surface area contributed by atoms with E-state index in [0.717, 1.165) is 44.6 Å². The van der Waals surface area contributed by atoms with Crippen LogP contribution >= 0.6 is 0 Å². The number of nitrogen functional groups attached to an aromatic ring is 1. The molecule has 0 radical (unpaired) electrons. The van der Waals surface area contributed by atoms with E-state index in [4.69, 9.17) is 5.73 Å². The van der Waals surface area contributed by atoms with Crippen LogP contribution in [0, 0.1) is 0 Å². The summed E-state index contributed by atoms with van der Waals surface area (Å²) in [5.74, 6) is 0. The van der Waals surface area contributed by atoms with Crippen LogP contribution in [0.25, 0.3) is 0 Å². The molecule has 2 rings (SSSR count). The van der Waals surface area contributed by atoms with Gasteiger partial charge in [-0.25, -0.2) is 0 Å². The third-order valence-electron chi connectivity index (χ3n) is 4.29. The first-order valence-electron chi connectivity index (χ1n) is 7.24. The SMILES string of the molecule is CCN1CCC(N(C)c2ccc(C(F)(F)F)cc2N)CC1. The lowest BCUT2D eigenvalue weighted by atomic mass is 10.0. The smallest absolute Gasteiger partial charge is 0.397 e. The molecule has 1 saturated heterocycles. The van der Waals surface area contributed by atoms with E-state index in [-0.39, 0.29) is 5.69 Å². The molecule has 0 bridgehead atoms. The van der Waals surface area contributed by atoms with Crippen molar-refractivity contribution < 1.29 is 13.2 Å². The lowest BCUT2D eigenvalue weighted by molar-refractivity contribution is -0.137.